The molecule has 1 atom stereocenters. The number of benzene rings is 1. The molecule has 0 fully saturated rings. The fourth-order valence-electron chi connectivity index (χ4n) is 2.12. The van der Waals surface area contributed by atoms with Gasteiger partial charge in [-0.25, -0.2) is 0 Å². The summed E-state index contributed by atoms with van der Waals surface area (Å²) in [5.41, 5.74) is 3.83. The number of pyridine rings is 1. The highest BCUT2D eigenvalue weighted by Gasteiger charge is 2.16. The largest absolute Gasteiger partial charge is 0.495 e. The van der Waals surface area contributed by atoms with E-state index in [1.165, 1.54) is 0 Å². The molecule has 0 bridgehead atoms. The van der Waals surface area contributed by atoms with E-state index in [1.54, 1.807) is 19.5 Å². The highest BCUT2D eigenvalue weighted by atomic mass is 16.5. The molecule has 1 aromatic heterocycles. The van der Waals surface area contributed by atoms with E-state index in [1.807, 2.05) is 38.1 Å². The van der Waals surface area contributed by atoms with Crippen LogP contribution in [-0.4, -0.2) is 17.2 Å². The van der Waals surface area contributed by atoms with Crippen LogP contribution in [0.5, 0.6) is 5.75 Å². The van der Waals surface area contributed by atoms with Crippen molar-refractivity contribution in [3.63, 3.8) is 0 Å². The van der Waals surface area contributed by atoms with Crippen LogP contribution in [0.15, 0.2) is 36.7 Å². The van der Waals surface area contributed by atoms with Gasteiger partial charge >= 0.3 is 0 Å². The third-order valence-electron chi connectivity index (χ3n) is 3.10. The Bertz CT molecular complexity index is 532. The Hall–Kier alpha value is -1.87. The third-order valence-corrected chi connectivity index (χ3v) is 3.10. The predicted octanol–water partition coefficient (Wildman–Crippen LogP) is 2.79. The van der Waals surface area contributed by atoms with Gasteiger partial charge in [0.1, 0.15) is 11.9 Å². The first-order chi connectivity index (χ1) is 8.63. The van der Waals surface area contributed by atoms with E-state index in [-0.39, 0.29) is 0 Å². The van der Waals surface area contributed by atoms with Crippen LogP contribution in [0.3, 0.4) is 0 Å². The van der Waals surface area contributed by atoms with Gasteiger partial charge in [-0.2, -0.15) is 0 Å². The van der Waals surface area contributed by atoms with Gasteiger partial charge in [0.15, 0.2) is 0 Å². The number of hydrogen-bond acceptors (Lipinski definition) is 3. The number of hydrogen-bond donors (Lipinski definition) is 1. The summed E-state index contributed by atoms with van der Waals surface area (Å²) in [5.74, 6) is 0.651. The molecule has 3 nitrogen and oxygen atoms in total. The molecule has 0 aliphatic heterocycles. The Kier molecular flexibility index (Phi) is 3.63. The molecule has 1 aromatic carbocycles. The summed E-state index contributed by atoms with van der Waals surface area (Å²) in [6, 6.07) is 7.80. The number of aliphatic hydroxyl groups is 1. The first-order valence-electron chi connectivity index (χ1n) is 5.86. The highest BCUT2D eigenvalue weighted by molar-refractivity contribution is 5.41. The van der Waals surface area contributed by atoms with E-state index in [2.05, 4.69) is 4.98 Å². The Morgan fingerprint density at radius 2 is 1.83 bits per heavy atom. The van der Waals surface area contributed by atoms with Gasteiger partial charge in [-0.1, -0.05) is 18.2 Å². The number of aryl methyl sites for hydroxylation is 2. The van der Waals surface area contributed by atoms with Gasteiger partial charge in [0.25, 0.3) is 0 Å². The lowest BCUT2D eigenvalue weighted by atomic mass is 9.94. The monoisotopic (exact) mass is 243 g/mol. The van der Waals surface area contributed by atoms with E-state index in [0.717, 1.165) is 22.3 Å². The van der Waals surface area contributed by atoms with Crippen LogP contribution in [-0.2, 0) is 0 Å². The summed E-state index contributed by atoms with van der Waals surface area (Å²) in [7, 11) is 1.59. The lowest BCUT2D eigenvalue weighted by Crippen LogP contribution is -2.05. The number of aromatic nitrogens is 1. The van der Waals surface area contributed by atoms with Gasteiger partial charge < -0.3 is 9.84 Å². The zero-order chi connectivity index (χ0) is 13.1. The standard InChI is InChI=1S/C15H17NO2/c1-10-5-4-6-11(2)14(10)15(17)12-7-13(18-3)9-16-8-12/h4-9,15,17H,1-3H3. The molecule has 0 saturated heterocycles. The molecular formula is C15H17NO2. The molecule has 0 aliphatic rings. The number of rotatable bonds is 3. The maximum absolute atomic E-state index is 10.5. The van der Waals surface area contributed by atoms with Crippen molar-refractivity contribution in [3.8, 4) is 5.75 Å². The average Bonchev–Trinajstić information content (AvgIpc) is 2.38. The summed E-state index contributed by atoms with van der Waals surface area (Å²) < 4.78 is 5.13. The molecule has 2 aromatic rings. The van der Waals surface area contributed by atoms with Gasteiger partial charge in [-0.05, 0) is 36.6 Å². The topological polar surface area (TPSA) is 42.4 Å². The lowest BCUT2D eigenvalue weighted by molar-refractivity contribution is 0.217. The minimum absolute atomic E-state index is 0.651. The van der Waals surface area contributed by atoms with Crippen LogP contribution >= 0.6 is 0 Å². The van der Waals surface area contributed by atoms with Crippen molar-refractivity contribution < 1.29 is 9.84 Å². The van der Waals surface area contributed by atoms with Gasteiger partial charge in [0, 0.05) is 11.8 Å². The van der Waals surface area contributed by atoms with Crippen molar-refractivity contribution in [2.45, 2.75) is 20.0 Å². The van der Waals surface area contributed by atoms with Crippen molar-refractivity contribution in [2.75, 3.05) is 7.11 Å². The Labute approximate surface area is 107 Å². The maximum Gasteiger partial charge on any atom is 0.137 e. The van der Waals surface area contributed by atoms with Crippen LogP contribution in [0.1, 0.15) is 28.4 Å². The number of nitrogens with zero attached hydrogens (tertiary/aromatic N) is 1. The highest BCUT2D eigenvalue weighted by Crippen LogP contribution is 2.28. The molecule has 0 radical (unpaired) electrons. The van der Waals surface area contributed by atoms with Gasteiger partial charge in [-0.3, -0.25) is 4.98 Å². The molecule has 2 rings (SSSR count). The van der Waals surface area contributed by atoms with E-state index in [0.29, 0.717) is 5.75 Å². The van der Waals surface area contributed by atoms with Crippen molar-refractivity contribution in [2.24, 2.45) is 0 Å². The Morgan fingerprint density at radius 3 is 2.44 bits per heavy atom. The molecule has 18 heavy (non-hydrogen) atoms. The summed E-state index contributed by atoms with van der Waals surface area (Å²) in [4.78, 5) is 4.08. The van der Waals surface area contributed by atoms with Crippen molar-refractivity contribution >= 4 is 0 Å². The summed E-state index contributed by atoms with van der Waals surface area (Å²) >= 11 is 0. The third kappa shape index (κ3) is 2.36. The number of aliphatic hydroxyl groups excluding tert-OH is 1. The van der Waals surface area contributed by atoms with Crippen LogP contribution in [0.25, 0.3) is 0 Å². The van der Waals surface area contributed by atoms with E-state index in [4.69, 9.17) is 4.74 Å². The molecular weight excluding hydrogens is 226 g/mol. The smallest absolute Gasteiger partial charge is 0.137 e. The fourth-order valence-corrected chi connectivity index (χ4v) is 2.12. The zero-order valence-corrected chi connectivity index (χ0v) is 10.8. The van der Waals surface area contributed by atoms with Gasteiger partial charge in [-0.15, -0.1) is 0 Å². The molecule has 3 heteroatoms. The quantitative estimate of drug-likeness (QED) is 0.901. The van der Waals surface area contributed by atoms with E-state index < -0.39 is 6.10 Å². The van der Waals surface area contributed by atoms with Crippen LogP contribution in [0, 0.1) is 13.8 Å². The van der Waals surface area contributed by atoms with Crippen LogP contribution in [0.2, 0.25) is 0 Å². The fraction of sp³-hybridized carbons (Fsp3) is 0.267. The van der Waals surface area contributed by atoms with Crippen LogP contribution in [0.4, 0.5) is 0 Å². The zero-order valence-electron chi connectivity index (χ0n) is 10.8. The lowest BCUT2D eigenvalue weighted by Gasteiger charge is -2.17. The minimum atomic E-state index is -0.672. The average molecular weight is 243 g/mol. The van der Waals surface area contributed by atoms with Crippen molar-refractivity contribution in [3.05, 3.63) is 58.9 Å². The normalized spacial score (nSPS) is 12.2. The predicted molar refractivity (Wildman–Crippen MR) is 70.8 cm³/mol. The second kappa shape index (κ2) is 5.19. The van der Waals surface area contributed by atoms with Crippen LogP contribution < -0.4 is 4.74 Å². The molecule has 1 heterocycles. The molecule has 1 N–H and O–H groups in total. The minimum Gasteiger partial charge on any atom is -0.495 e. The van der Waals surface area contributed by atoms with Gasteiger partial charge in [0.2, 0.25) is 0 Å². The summed E-state index contributed by atoms with van der Waals surface area (Å²) in [6.07, 6.45) is 2.62. The molecule has 0 saturated carbocycles. The second-order valence-electron chi connectivity index (χ2n) is 4.37. The Morgan fingerprint density at radius 1 is 1.17 bits per heavy atom. The summed E-state index contributed by atoms with van der Waals surface area (Å²) in [5, 5.41) is 10.5. The molecule has 0 aliphatic carbocycles. The Balaban J connectivity index is 2.44. The second-order valence-corrected chi connectivity index (χ2v) is 4.37. The molecule has 0 amide bonds. The first-order valence-corrected chi connectivity index (χ1v) is 5.86. The maximum atomic E-state index is 10.5. The van der Waals surface area contributed by atoms with Gasteiger partial charge in [0.05, 0.1) is 13.3 Å². The summed E-state index contributed by atoms with van der Waals surface area (Å²) in [6.45, 7) is 4.00. The SMILES string of the molecule is COc1cncc(C(O)c2c(C)cccc2C)c1. The van der Waals surface area contributed by atoms with Crippen molar-refractivity contribution in [1.82, 2.24) is 4.98 Å². The molecule has 0 spiro atoms. The molecule has 1 unspecified atom stereocenters. The van der Waals surface area contributed by atoms with E-state index >= 15 is 0 Å². The number of methoxy groups -OCH3 is 1. The van der Waals surface area contributed by atoms with Crippen molar-refractivity contribution in [1.29, 1.82) is 0 Å². The first kappa shape index (κ1) is 12.6. The molecule has 94 valence electrons. The van der Waals surface area contributed by atoms with E-state index in [9.17, 15) is 5.11 Å². The number of ether oxygens (including phenoxy) is 1.